The number of hydroxylamine groups is 1. The lowest BCUT2D eigenvalue weighted by Crippen LogP contribution is -2.18. The molecule has 0 saturated carbocycles. The fraction of sp³-hybridized carbons (Fsp3) is 0.500. The first kappa shape index (κ1) is 7.36. The fourth-order valence-corrected chi connectivity index (χ4v) is 0.203. The number of amidine groups is 1. The van der Waals surface area contributed by atoms with Crippen LogP contribution in [0.3, 0.4) is 0 Å². The summed E-state index contributed by atoms with van der Waals surface area (Å²) in [5.74, 6) is 0.700. The van der Waals surface area contributed by atoms with Crippen LogP contribution in [0.25, 0.3) is 0 Å². The average Bonchev–Trinajstić information content (AvgIpc) is 1.83. The van der Waals surface area contributed by atoms with Crippen molar-refractivity contribution in [2.24, 2.45) is 4.99 Å². The smallest absolute Gasteiger partial charge is 0.182 e. The molecule has 4 heteroatoms. The lowest BCUT2D eigenvalue weighted by atomic mass is 10.7. The minimum absolute atomic E-state index is 0.700. The number of aliphatic imine (C=N–C) groups is 1. The van der Waals surface area contributed by atoms with Crippen LogP contribution in [0.4, 0.5) is 0 Å². The predicted octanol–water partition coefficient (Wildman–Crippen LogP) is 0.513. The van der Waals surface area contributed by atoms with Crippen molar-refractivity contribution in [3.63, 3.8) is 0 Å². The first-order valence-electron chi connectivity index (χ1n) is 2.10. The summed E-state index contributed by atoms with van der Waals surface area (Å²) in [7, 11) is 1.66. The lowest BCUT2D eigenvalue weighted by molar-refractivity contribution is 0.268. The van der Waals surface area contributed by atoms with Gasteiger partial charge in [0.05, 0.1) is 0 Å². The molecule has 0 aliphatic rings. The third-order valence-electron chi connectivity index (χ3n) is 0.590. The first-order chi connectivity index (χ1) is 3.81. The van der Waals surface area contributed by atoms with Gasteiger partial charge < -0.3 is 4.84 Å². The number of nitrogens with one attached hydrogen (secondary N) is 1. The van der Waals surface area contributed by atoms with Crippen LogP contribution < -0.4 is 5.48 Å². The maximum Gasteiger partial charge on any atom is 0.182 e. The largest absolute Gasteiger partial charge is 0.377 e. The van der Waals surface area contributed by atoms with Gasteiger partial charge in [-0.3, -0.25) is 4.99 Å². The Morgan fingerprint density at radius 3 is 2.88 bits per heavy atom. The molecule has 0 heterocycles. The molecule has 0 saturated heterocycles. The van der Waals surface area contributed by atoms with Crippen LogP contribution in [-0.2, 0) is 4.84 Å². The molecular weight excluding hydrogens is 124 g/mol. The second-order valence-electron chi connectivity index (χ2n) is 1.13. The van der Waals surface area contributed by atoms with Gasteiger partial charge in [-0.25, -0.2) is 5.48 Å². The molecular formula is C4H8N2OS. The number of nitrogens with zero attached hydrogens (tertiary/aromatic N) is 1. The van der Waals surface area contributed by atoms with E-state index in [0.717, 1.165) is 5.55 Å². The van der Waals surface area contributed by atoms with Gasteiger partial charge in [0.2, 0.25) is 0 Å². The summed E-state index contributed by atoms with van der Waals surface area (Å²) in [6.07, 6.45) is 0. The third-order valence-corrected chi connectivity index (χ3v) is 0.686. The van der Waals surface area contributed by atoms with Crippen molar-refractivity contribution in [3.05, 3.63) is 0 Å². The molecule has 0 aliphatic heterocycles. The Balaban J connectivity index is 3.24. The van der Waals surface area contributed by atoms with Gasteiger partial charge >= 0.3 is 0 Å². The molecule has 1 N–H and O–H groups in total. The van der Waals surface area contributed by atoms with Gasteiger partial charge in [0.1, 0.15) is 5.84 Å². The highest BCUT2D eigenvalue weighted by atomic mass is 32.1. The van der Waals surface area contributed by atoms with E-state index < -0.39 is 0 Å². The molecule has 0 aliphatic carbocycles. The zero-order valence-corrected chi connectivity index (χ0v) is 5.66. The second-order valence-corrected chi connectivity index (χ2v) is 1.32. The van der Waals surface area contributed by atoms with Gasteiger partial charge in [0.25, 0.3) is 0 Å². The standard InChI is InChI=1S/C4H8N2OS/c1-4(5-2)6-7-3-8/h3H,1-2H3,(H,5,6). The molecule has 8 heavy (non-hydrogen) atoms. The summed E-state index contributed by atoms with van der Waals surface area (Å²) >= 11 is 4.35. The fourth-order valence-electron chi connectivity index (χ4n) is 0.155. The highest BCUT2D eigenvalue weighted by molar-refractivity contribution is 7.78. The summed E-state index contributed by atoms with van der Waals surface area (Å²) in [5.41, 5.74) is 3.61. The normalized spacial score (nSPS) is 10.5. The third kappa shape index (κ3) is 3.55. The maximum atomic E-state index is 4.50. The van der Waals surface area contributed by atoms with Crippen molar-refractivity contribution in [1.29, 1.82) is 0 Å². The monoisotopic (exact) mass is 132 g/mol. The van der Waals surface area contributed by atoms with E-state index in [9.17, 15) is 0 Å². The predicted molar refractivity (Wildman–Crippen MR) is 36.9 cm³/mol. The molecule has 0 spiro atoms. The Hall–Kier alpha value is -0.640. The maximum absolute atomic E-state index is 4.50. The van der Waals surface area contributed by atoms with E-state index in [-0.39, 0.29) is 0 Å². The Morgan fingerprint density at radius 1 is 1.88 bits per heavy atom. The summed E-state index contributed by atoms with van der Waals surface area (Å²) in [5, 5.41) is 0. The summed E-state index contributed by atoms with van der Waals surface area (Å²) in [6, 6.07) is 0. The number of hydrogen-bond donors (Lipinski definition) is 1. The molecule has 0 fully saturated rings. The SMILES string of the molecule is CN=C(C)NOC=S. The van der Waals surface area contributed by atoms with Gasteiger partial charge in [0, 0.05) is 7.05 Å². The van der Waals surface area contributed by atoms with Crippen molar-refractivity contribution in [3.8, 4) is 0 Å². The molecule has 0 rings (SSSR count). The quantitative estimate of drug-likeness (QED) is 0.257. The van der Waals surface area contributed by atoms with Gasteiger partial charge in [-0.1, -0.05) is 0 Å². The van der Waals surface area contributed by atoms with Crippen LogP contribution >= 0.6 is 12.2 Å². The molecule has 0 aromatic heterocycles. The van der Waals surface area contributed by atoms with E-state index in [1.807, 2.05) is 0 Å². The number of rotatable bonds is 2. The van der Waals surface area contributed by atoms with Gasteiger partial charge in [-0.15, -0.1) is 0 Å². The van der Waals surface area contributed by atoms with E-state index in [1.165, 1.54) is 0 Å². The van der Waals surface area contributed by atoms with Gasteiger partial charge in [0.15, 0.2) is 5.55 Å². The van der Waals surface area contributed by atoms with Crippen molar-refractivity contribution in [1.82, 2.24) is 5.48 Å². The van der Waals surface area contributed by atoms with Crippen molar-refractivity contribution >= 4 is 23.6 Å². The molecule has 0 aromatic carbocycles. The average molecular weight is 132 g/mol. The number of hydrogen-bond acceptors (Lipinski definition) is 3. The van der Waals surface area contributed by atoms with Crippen molar-refractivity contribution in [2.75, 3.05) is 7.05 Å². The molecule has 0 amide bonds. The molecule has 0 bridgehead atoms. The van der Waals surface area contributed by atoms with E-state index in [2.05, 4.69) is 27.5 Å². The van der Waals surface area contributed by atoms with E-state index in [0.29, 0.717) is 5.84 Å². The van der Waals surface area contributed by atoms with E-state index >= 15 is 0 Å². The van der Waals surface area contributed by atoms with Crippen molar-refractivity contribution in [2.45, 2.75) is 6.92 Å². The Bertz CT molecular complexity index is 102. The molecule has 0 radical (unpaired) electrons. The molecule has 46 valence electrons. The van der Waals surface area contributed by atoms with Crippen LogP contribution in [-0.4, -0.2) is 18.4 Å². The van der Waals surface area contributed by atoms with Crippen molar-refractivity contribution < 1.29 is 4.84 Å². The summed E-state index contributed by atoms with van der Waals surface area (Å²) in [6.45, 7) is 1.78. The Kier molecular flexibility index (Phi) is 4.16. The van der Waals surface area contributed by atoms with Gasteiger partial charge in [-0.05, 0) is 19.1 Å². The lowest BCUT2D eigenvalue weighted by Gasteiger charge is -1.98. The second kappa shape index (κ2) is 4.52. The minimum atomic E-state index is 0.700. The van der Waals surface area contributed by atoms with Crippen LogP contribution in [0.5, 0.6) is 0 Å². The Morgan fingerprint density at radius 2 is 2.50 bits per heavy atom. The molecule has 3 nitrogen and oxygen atoms in total. The zero-order valence-electron chi connectivity index (χ0n) is 4.84. The molecule has 0 aromatic rings. The van der Waals surface area contributed by atoms with Gasteiger partial charge in [-0.2, -0.15) is 0 Å². The van der Waals surface area contributed by atoms with E-state index in [4.69, 9.17) is 0 Å². The van der Waals surface area contributed by atoms with Crippen LogP contribution in [0.2, 0.25) is 0 Å². The molecule has 0 atom stereocenters. The zero-order chi connectivity index (χ0) is 6.41. The highest BCUT2D eigenvalue weighted by Crippen LogP contribution is 1.65. The summed E-state index contributed by atoms with van der Waals surface area (Å²) in [4.78, 5) is 8.24. The number of thiocarbonyl (C=S) groups is 1. The molecule has 0 unspecified atom stereocenters. The topological polar surface area (TPSA) is 33.6 Å². The van der Waals surface area contributed by atoms with Crippen LogP contribution in [0.1, 0.15) is 6.92 Å². The van der Waals surface area contributed by atoms with Crippen LogP contribution in [0.15, 0.2) is 4.99 Å². The first-order valence-corrected chi connectivity index (χ1v) is 2.57. The summed E-state index contributed by atoms with van der Waals surface area (Å²) < 4.78 is 0. The Labute approximate surface area is 53.7 Å². The minimum Gasteiger partial charge on any atom is -0.377 e. The highest BCUT2D eigenvalue weighted by Gasteiger charge is 1.79. The van der Waals surface area contributed by atoms with E-state index in [1.54, 1.807) is 14.0 Å². The van der Waals surface area contributed by atoms with Crippen LogP contribution in [0, 0.1) is 0 Å².